The molecule has 89 heavy (non-hydrogen) atoms. The predicted octanol–water partition coefficient (Wildman–Crippen LogP) is 6.24. The number of hydrogen-bond donors (Lipinski definition) is 9. The quantitative estimate of drug-likeness (QED) is 0.0497. The van der Waals surface area contributed by atoms with Gasteiger partial charge in [-0.15, -0.1) is 13.2 Å². The molecule has 7 amide bonds. The first-order valence-corrected chi connectivity index (χ1v) is 33.1. The molecule has 2 aromatic carbocycles. The Hall–Kier alpha value is -7.26. The summed E-state index contributed by atoms with van der Waals surface area (Å²) in [5, 5.41) is 22.7. The van der Waals surface area contributed by atoms with Crippen molar-refractivity contribution in [3.8, 4) is 0 Å². The van der Waals surface area contributed by atoms with Gasteiger partial charge in [-0.05, 0) is 128 Å². The smallest absolute Gasteiger partial charge is 0.408 e. The predicted molar refractivity (Wildman–Crippen MR) is 338 cm³/mol. The number of carbonyl (C=O) groups is 8. The summed E-state index contributed by atoms with van der Waals surface area (Å²) in [6.07, 6.45) is 10.3. The monoisotopic (exact) mass is 1280 g/mol. The van der Waals surface area contributed by atoms with E-state index in [-0.39, 0.29) is 58.9 Å². The topological polar surface area (TPSA) is 360 Å². The van der Waals surface area contributed by atoms with E-state index in [0.717, 1.165) is 51.4 Å². The number of nitrogens with zero attached hydrogens (tertiary/aromatic N) is 2. The lowest BCUT2D eigenvalue weighted by molar-refractivity contribution is -0.146. The number of nitrogens with two attached hydrogens (primary N) is 1. The van der Waals surface area contributed by atoms with Crippen LogP contribution in [0, 0.1) is 35.5 Å². The van der Waals surface area contributed by atoms with Crippen molar-refractivity contribution in [3.63, 3.8) is 0 Å². The molecule has 0 saturated heterocycles. The normalized spacial score (nSPS) is 20.5. The van der Waals surface area contributed by atoms with Crippen molar-refractivity contribution in [2.45, 2.75) is 178 Å². The largest absolute Gasteiger partial charge is 0.480 e. The maximum absolute atomic E-state index is 13.8. The van der Waals surface area contributed by atoms with Crippen LogP contribution in [-0.2, 0) is 58.3 Å². The number of rotatable bonds is 25. The van der Waals surface area contributed by atoms with E-state index in [1.807, 2.05) is 18.6 Å². The lowest BCUT2D eigenvalue weighted by Crippen LogP contribution is -2.57. The van der Waals surface area contributed by atoms with Crippen molar-refractivity contribution in [2.75, 3.05) is 50.9 Å². The Labute approximate surface area is 525 Å². The Bertz CT molecular complexity index is 3100. The van der Waals surface area contributed by atoms with Crippen LogP contribution in [-0.4, -0.2) is 154 Å². The molecule has 27 heteroatoms. The van der Waals surface area contributed by atoms with Crippen LogP contribution in [0.15, 0.2) is 83.6 Å². The molecule has 4 fully saturated rings. The molecule has 0 unspecified atom stereocenters. The van der Waals surface area contributed by atoms with E-state index in [9.17, 15) is 55.2 Å². The number of anilines is 2. The van der Waals surface area contributed by atoms with Crippen molar-refractivity contribution in [1.82, 2.24) is 35.2 Å². The van der Waals surface area contributed by atoms with E-state index in [1.54, 1.807) is 112 Å². The highest BCUT2D eigenvalue weighted by Gasteiger charge is 2.61. The second-order valence-corrected chi connectivity index (χ2v) is 29.2. The maximum atomic E-state index is 13.8. The molecule has 0 bridgehead atoms. The zero-order valence-corrected chi connectivity index (χ0v) is 55.3. The summed E-state index contributed by atoms with van der Waals surface area (Å²) in [5.74, 6) is -4.71. The number of alkyl carbamates (subject to hydrolysis) is 2. The van der Waals surface area contributed by atoms with E-state index in [1.165, 1.54) is 28.0 Å². The summed E-state index contributed by atoms with van der Waals surface area (Å²) < 4.78 is 65.5. The van der Waals surface area contributed by atoms with Gasteiger partial charge in [0.05, 0.1) is 17.9 Å². The molecule has 0 radical (unpaired) electrons. The number of nitrogens with one attached hydrogen (secondary N) is 7. The minimum absolute atomic E-state index is 0.00949. The zero-order chi connectivity index (χ0) is 67.0. The van der Waals surface area contributed by atoms with Gasteiger partial charge in [0.2, 0.25) is 17.7 Å². The number of carboxylic acid groups (broad SMARTS) is 1. The second-order valence-electron chi connectivity index (χ2n) is 25.9. The molecule has 2 aromatic rings. The summed E-state index contributed by atoms with van der Waals surface area (Å²) in [6, 6.07) is 10.7. The summed E-state index contributed by atoms with van der Waals surface area (Å²) in [5.41, 5.74) is 2.43. The molecule has 4 saturated carbocycles. The van der Waals surface area contributed by atoms with Crippen molar-refractivity contribution in [3.05, 3.63) is 73.8 Å². The first kappa shape index (κ1) is 74.2. The van der Waals surface area contributed by atoms with E-state index < -0.39 is 102 Å². The molecule has 4 aliphatic rings. The van der Waals surface area contributed by atoms with Gasteiger partial charge in [-0.25, -0.2) is 35.9 Å². The minimum atomic E-state index is -4.27. The number of ether oxygens (including phenoxy) is 2. The van der Waals surface area contributed by atoms with Crippen LogP contribution in [0.4, 0.5) is 21.0 Å². The maximum Gasteiger partial charge on any atom is 0.408 e. The van der Waals surface area contributed by atoms with Crippen molar-refractivity contribution < 1.29 is 69.8 Å². The van der Waals surface area contributed by atoms with E-state index in [0.29, 0.717) is 36.8 Å². The number of carbonyl (C=O) groups excluding carboxylic acids is 7. The molecule has 0 spiro atoms. The third-order valence-electron chi connectivity index (χ3n) is 15.6. The number of aliphatic carboxylic acids is 1. The van der Waals surface area contributed by atoms with Crippen LogP contribution in [0.3, 0.4) is 0 Å². The van der Waals surface area contributed by atoms with Crippen LogP contribution in [0.2, 0.25) is 0 Å². The third kappa shape index (κ3) is 21.7. The van der Waals surface area contributed by atoms with Gasteiger partial charge < -0.3 is 56.7 Å². The standard InChI is InChI=1S/C31H47N5O7S.C18H32N2O5.C13H17N3O3S/c1-8-22-17-31(22,28(39)35-44(41,42)24-16-12-11-15-23(24)32-7)34-25(37)19-36(18-21-13-9-10-14-21)27(38)26(20(2)3)33-29(40)43-30(4,5)6;1-12(2)15(19-17(24)25-18(3,4)5)16(23)20(11-14(21)22)10-13-8-6-7-9-13;1-3-9-8-13(9,14)12(17)16-20(18,19)11-7-5-4-6-10(11)15-2/h8,11-12,15-16,20-22,26,32H,1,9-10,13-14,17-19H2,2-7H3,(H,33,40)(H,34,37)(H,35,39);12-13,15H,6-11H2,1-5H3,(H,19,24)(H,21,22);3-7,9,15H,1,8,14H2,2H3,(H,16,17)/t22-,26+,31-;15-;9-,13-/m101/s1. The van der Waals surface area contributed by atoms with Crippen LogP contribution in [0.1, 0.15) is 133 Å². The minimum Gasteiger partial charge on any atom is -0.480 e. The molecule has 6 rings (SSSR count). The van der Waals surface area contributed by atoms with Crippen LogP contribution >= 0.6 is 0 Å². The molecule has 4 aliphatic carbocycles. The molecule has 0 heterocycles. The summed E-state index contributed by atoms with van der Waals surface area (Å²) in [6.45, 7) is 24.9. The molecule has 10 N–H and O–H groups in total. The van der Waals surface area contributed by atoms with Gasteiger partial charge in [-0.1, -0.05) is 89.8 Å². The molecule has 0 aromatic heterocycles. The Kier molecular flexibility index (Phi) is 26.2. The Morgan fingerprint density at radius 3 is 1.35 bits per heavy atom. The fourth-order valence-electron chi connectivity index (χ4n) is 10.6. The summed E-state index contributed by atoms with van der Waals surface area (Å²) in [7, 11) is -5.05. The van der Waals surface area contributed by atoms with Gasteiger partial charge >= 0.3 is 18.2 Å². The number of benzene rings is 2. The van der Waals surface area contributed by atoms with Gasteiger partial charge in [-0.3, -0.25) is 28.8 Å². The highest BCUT2D eigenvalue weighted by Crippen LogP contribution is 2.45. The molecule has 0 aliphatic heterocycles. The average Bonchev–Trinajstić information content (AvgIpc) is 1.61. The van der Waals surface area contributed by atoms with E-state index in [4.69, 9.17) is 20.3 Å². The van der Waals surface area contributed by atoms with Gasteiger partial charge in [-0.2, -0.15) is 0 Å². The van der Waals surface area contributed by atoms with Crippen LogP contribution < -0.4 is 41.8 Å². The molecular formula is C62H96N10O15S2. The summed E-state index contributed by atoms with van der Waals surface area (Å²) in [4.78, 5) is 104. The Morgan fingerprint density at radius 2 is 1.01 bits per heavy atom. The third-order valence-corrected chi connectivity index (χ3v) is 18.4. The lowest BCUT2D eigenvalue weighted by Gasteiger charge is -2.32. The second kappa shape index (κ2) is 31.5. The fraction of sp³-hybridized carbons (Fsp3) is 0.613. The fourth-order valence-corrected chi connectivity index (χ4v) is 13.2. The van der Waals surface area contributed by atoms with Crippen LogP contribution in [0.5, 0.6) is 0 Å². The molecule has 25 nitrogen and oxygen atoms in total. The van der Waals surface area contributed by atoms with Gasteiger partial charge in [0.25, 0.3) is 31.9 Å². The van der Waals surface area contributed by atoms with Gasteiger partial charge in [0, 0.05) is 39.0 Å². The Morgan fingerprint density at radius 1 is 0.629 bits per heavy atom. The highest BCUT2D eigenvalue weighted by atomic mass is 32.2. The number of amides is 7. The van der Waals surface area contributed by atoms with E-state index in [2.05, 4.69) is 44.5 Å². The first-order chi connectivity index (χ1) is 41.4. The number of carboxylic acids is 1. The lowest BCUT2D eigenvalue weighted by atomic mass is 10.0. The molecular weight excluding hydrogens is 1190 g/mol. The zero-order valence-electron chi connectivity index (χ0n) is 53.7. The van der Waals surface area contributed by atoms with Gasteiger partial charge in [0.15, 0.2) is 0 Å². The van der Waals surface area contributed by atoms with Gasteiger partial charge in [0.1, 0.15) is 50.7 Å². The Balaban J connectivity index is 0.000000316. The van der Waals surface area contributed by atoms with Crippen LogP contribution in [0.25, 0.3) is 0 Å². The average molecular weight is 1290 g/mol. The molecule has 496 valence electrons. The number of hydrogen-bond acceptors (Lipinski definition) is 17. The number of sulfonamides is 2. The number of para-hydroxylation sites is 2. The van der Waals surface area contributed by atoms with Crippen molar-refractivity contribution in [1.29, 1.82) is 0 Å². The summed E-state index contributed by atoms with van der Waals surface area (Å²) >= 11 is 0. The highest BCUT2D eigenvalue weighted by molar-refractivity contribution is 7.90. The van der Waals surface area contributed by atoms with Crippen molar-refractivity contribution >= 4 is 79.1 Å². The van der Waals surface area contributed by atoms with E-state index >= 15 is 0 Å². The SMILES string of the molecule is C=C[C@@H]1C[C@]1(N)C(=O)NS(=O)(=O)c1ccccc1NC.C=C[C@@H]1C[C@]1(NC(=O)CN(CC1CCCC1)C(=O)[C@@H](NC(=O)OC(C)(C)C)C(C)C)C(=O)NS(=O)(=O)c1ccccc1NC.CC(C)[C@H](NC(=O)OC(C)(C)C)C(=O)N(CC(=O)O)CC1CCCC1. The molecule has 6 atom stereocenters. The first-order valence-electron chi connectivity index (χ1n) is 30.2. The van der Waals surface area contributed by atoms with Crippen molar-refractivity contribution in [2.24, 2.45) is 41.2 Å².